The van der Waals surface area contributed by atoms with E-state index in [4.69, 9.17) is 5.84 Å². The van der Waals surface area contributed by atoms with Crippen LogP contribution in [-0.2, 0) is 16.0 Å². The molecule has 0 bridgehead atoms. The Bertz CT molecular complexity index is 576. The summed E-state index contributed by atoms with van der Waals surface area (Å²) in [7, 11) is -3.22. The first-order valence-corrected chi connectivity index (χ1v) is 8.40. The maximum Gasteiger partial charge on any atom is 0.416 e. The van der Waals surface area contributed by atoms with Crippen molar-refractivity contribution in [2.45, 2.75) is 18.6 Å². The number of alkyl halides is 3. The molecule has 114 valence electrons. The van der Waals surface area contributed by atoms with Crippen molar-refractivity contribution in [3.63, 3.8) is 0 Å². The predicted molar refractivity (Wildman–Crippen MR) is 73.5 cm³/mol. The van der Waals surface area contributed by atoms with Gasteiger partial charge in [0.25, 0.3) is 0 Å². The molecule has 0 saturated carbocycles. The van der Waals surface area contributed by atoms with Crippen molar-refractivity contribution in [2.75, 3.05) is 12.0 Å². The molecule has 1 unspecified atom stereocenters. The number of halogens is 4. The first-order chi connectivity index (χ1) is 9.04. The van der Waals surface area contributed by atoms with E-state index in [-0.39, 0.29) is 17.7 Å². The van der Waals surface area contributed by atoms with Gasteiger partial charge >= 0.3 is 6.18 Å². The Morgan fingerprint density at radius 1 is 1.40 bits per heavy atom. The molecule has 0 aromatic heterocycles. The van der Waals surface area contributed by atoms with Crippen LogP contribution in [0.2, 0.25) is 0 Å². The van der Waals surface area contributed by atoms with Gasteiger partial charge < -0.3 is 0 Å². The van der Waals surface area contributed by atoms with Gasteiger partial charge in [0.15, 0.2) is 0 Å². The highest BCUT2D eigenvalue weighted by atomic mass is 79.9. The molecule has 0 aliphatic heterocycles. The lowest BCUT2D eigenvalue weighted by molar-refractivity contribution is -0.137. The predicted octanol–water partition coefficient (Wildman–Crippen LogP) is 2.41. The first-order valence-electron chi connectivity index (χ1n) is 5.55. The molecule has 0 amide bonds. The number of nitrogens with one attached hydrogen (secondary N) is 1. The van der Waals surface area contributed by atoms with Crippen molar-refractivity contribution in [2.24, 2.45) is 5.84 Å². The van der Waals surface area contributed by atoms with Crippen molar-refractivity contribution in [1.29, 1.82) is 0 Å². The summed E-state index contributed by atoms with van der Waals surface area (Å²) in [5, 5.41) is 0. The van der Waals surface area contributed by atoms with E-state index in [1.165, 1.54) is 6.07 Å². The quantitative estimate of drug-likeness (QED) is 0.613. The largest absolute Gasteiger partial charge is 0.416 e. The lowest BCUT2D eigenvalue weighted by atomic mass is 10.0. The number of sulfone groups is 1. The molecule has 0 radical (unpaired) electrons. The van der Waals surface area contributed by atoms with Gasteiger partial charge in [0.1, 0.15) is 9.84 Å². The summed E-state index contributed by atoms with van der Waals surface area (Å²) < 4.78 is 60.7. The minimum absolute atomic E-state index is 0.0786. The van der Waals surface area contributed by atoms with Gasteiger partial charge in [-0.25, -0.2) is 8.42 Å². The number of rotatable bonds is 5. The highest BCUT2D eigenvalue weighted by Crippen LogP contribution is 2.34. The normalized spacial score (nSPS) is 14.3. The third-order valence-corrected chi connectivity index (χ3v) is 4.38. The van der Waals surface area contributed by atoms with Gasteiger partial charge in [0.05, 0.1) is 11.3 Å². The topological polar surface area (TPSA) is 72.2 Å². The van der Waals surface area contributed by atoms with Gasteiger partial charge in [0.2, 0.25) is 0 Å². The molecule has 4 nitrogen and oxygen atoms in total. The Morgan fingerprint density at radius 3 is 2.45 bits per heavy atom. The molecule has 1 atom stereocenters. The summed E-state index contributed by atoms with van der Waals surface area (Å²) in [4.78, 5) is 0. The lowest BCUT2D eigenvalue weighted by Crippen LogP contribution is -2.30. The summed E-state index contributed by atoms with van der Waals surface area (Å²) in [5.74, 6) is 5.14. The summed E-state index contributed by atoms with van der Waals surface area (Å²) in [6.45, 7) is 0. The summed E-state index contributed by atoms with van der Waals surface area (Å²) in [6.07, 6.45) is -3.33. The molecule has 1 rings (SSSR count). The van der Waals surface area contributed by atoms with Crippen LogP contribution < -0.4 is 11.3 Å². The highest BCUT2D eigenvalue weighted by molar-refractivity contribution is 9.10. The molecule has 3 N–H and O–H groups in total. The average molecular weight is 375 g/mol. The number of nitrogens with two attached hydrogens (primary N) is 1. The van der Waals surface area contributed by atoms with E-state index >= 15 is 0 Å². The van der Waals surface area contributed by atoms with E-state index in [1.807, 2.05) is 0 Å². The lowest BCUT2D eigenvalue weighted by Gasteiger charge is -2.19. The maximum atomic E-state index is 12.7. The molecule has 0 spiro atoms. The highest BCUT2D eigenvalue weighted by Gasteiger charge is 2.31. The van der Waals surface area contributed by atoms with Gasteiger partial charge in [-0.05, 0) is 30.2 Å². The minimum Gasteiger partial charge on any atom is -0.271 e. The molecule has 0 aliphatic rings. The standard InChI is InChI=1S/C11H14BrF3N2O2S/c1-20(18,19)5-4-10(17-16)8-6-7(11(13,14)15)2-3-9(8)12/h2-3,6,10,17H,4-5,16H2,1H3. The van der Waals surface area contributed by atoms with Crippen LogP contribution >= 0.6 is 15.9 Å². The number of benzene rings is 1. The zero-order valence-corrected chi connectivity index (χ0v) is 12.9. The van der Waals surface area contributed by atoms with E-state index in [0.717, 1.165) is 18.4 Å². The van der Waals surface area contributed by atoms with Gasteiger partial charge in [-0.2, -0.15) is 13.2 Å². The minimum atomic E-state index is -4.47. The summed E-state index contributed by atoms with van der Waals surface area (Å²) in [5.41, 5.74) is 1.81. The van der Waals surface area contributed by atoms with Crippen molar-refractivity contribution >= 4 is 25.8 Å². The number of hydrazine groups is 1. The molecule has 20 heavy (non-hydrogen) atoms. The number of hydrogen-bond donors (Lipinski definition) is 2. The molecule has 9 heteroatoms. The van der Waals surface area contributed by atoms with E-state index in [1.54, 1.807) is 0 Å². The van der Waals surface area contributed by atoms with Crippen LogP contribution in [0.5, 0.6) is 0 Å². The molecule has 0 aliphatic carbocycles. The van der Waals surface area contributed by atoms with Crippen LogP contribution in [0.4, 0.5) is 13.2 Å². The van der Waals surface area contributed by atoms with Crippen LogP contribution in [0, 0.1) is 0 Å². The van der Waals surface area contributed by atoms with Crippen LogP contribution in [0.15, 0.2) is 22.7 Å². The average Bonchev–Trinajstić information content (AvgIpc) is 2.29. The number of hydrogen-bond acceptors (Lipinski definition) is 4. The Kier molecular flexibility index (Phi) is 5.59. The summed E-state index contributed by atoms with van der Waals surface area (Å²) in [6, 6.07) is 2.47. The molecule has 0 fully saturated rings. The second-order valence-corrected chi connectivity index (χ2v) is 7.49. The second-order valence-electron chi connectivity index (χ2n) is 4.37. The molecular formula is C11H14BrF3N2O2S. The smallest absolute Gasteiger partial charge is 0.271 e. The maximum absolute atomic E-state index is 12.7. The van der Waals surface area contributed by atoms with Crippen molar-refractivity contribution < 1.29 is 21.6 Å². The first kappa shape index (κ1) is 17.4. The van der Waals surface area contributed by atoms with E-state index in [0.29, 0.717) is 4.47 Å². The molecule has 0 heterocycles. The van der Waals surface area contributed by atoms with Crippen molar-refractivity contribution in [1.82, 2.24) is 5.43 Å². The van der Waals surface area contributed by atoms with Crippen LogP contribution in [0.25, 0.3) is 0 Å². The monoisotopic (exact) mass is 374 g/mol. The van der Waals surface area contributed by atoms with Crippen molar-refractivity contribution in [3.8, 4) is 0 Å². The third kappa shape index (κ3) is 5.04. The van der Waals surface area contributed by atoms with Crippen LogP contribution in [0.1, 0.15) is 23.6 Å². The van der Waals surface area contributed by atoms with E-state index in [9.17, 15) is 21.6 Å². The Hall–Kier alpha value is -0.640. The van der Waals surface area contributed by atoms with Crippen LogP contribution in [-0.4, -0.2) is 20.4 Å². The molecule has 1 aromatic rings. The third-order valence-electron chi connectivity index (χ3n) is 2.68. The van der Waals surface area contributed by atoms with Crippen LogP contribution in [0.3, 0.4) is 0 Å². The SMILES string of the molecule is CS(=O)(=O)CCC(NN)c1cc(C(F)(F)F)ccc1Br. The zero-order chi connectivity index (χ0) is 15.6. The molecular weight excluding hydrogens is 361 g/mol. The Balaban J connectivity index is 3.08. The summed E-state index contributed by atoms with van der Waals surface area (Å²) >= 11 is 3.15. The fourth-order valence-electron chi connectivity index (χ4n) is 1.65. The zero-order valence-electron chi connectivity index (χ0n) is 10.5. The van der Waals surface area contributed by atoms with E-state index < -0.39 is 27.6 Å². The van der Waals surface area contributed by atoms with Gasteiger partial charge in [-0.15, -0.1) is 0 Å². The fraction of sp³-hybridized carbons (Fsp3) is 0.455. The molecule has 0 saturated heterocycles. The van der Waals surface area contributed by atoms with E-state index in [2.05, 4.69) is 21.4 Å². The van der Waals surface area contributed by atoms with Crippen molar-refractivity contribution in [3.05, 3.63) is 33.8 Å². The Morgan fingerprint density at radius 2 is 2.00 bits per heavy atom. The Labute approximate surface area is 123 Å². The second kappa shape index (κ2) is 6.42. The van der Waals surface area contributed by atoms with Gasteiger partial charge in [-0.3, -0.25) is 11.3 Å². The fourth-order valence-corrected chi connectivity index (χ4v) is 2.83. The molecule has 1 aromatic carbocycles. The van der Waals surface area contributed by atoms with Gasteiger partial charge in [-0.1, -0.05) is 15.9 Å². The van der Waals surface area contributed by atoms with Gasteiger partial charge in [0, 0.05) is 16.8 Å².